The molecule has 0 saturated heterocycles. The van der Waals surface area contributed by atoms with E-state index in [1.807, 2.05) is 0 Å². The van der Waals surface area contributed by atoms with Gasteiger partial charge in [0.25, 0.3) is 0 Å². The third-order valence-electron chi connectivity index (χ3n) is 4.05. The zero-order valence-corrected chi connectivity index (χ0v) is 13.3. The van der Waals surface area contributed by atoms with E-state index < -0.39 is 36.1 Å². The minimum absolute atomic E-state index is 0.0609. The molecule has 0 radical (unpaired) electrons. The average Bonchev–Trinajstić information content (AvgIpc) is 2.89. The van der Waals surface area contributed by atoms with Crippen LogP contribution in [-0.2, 0) is 19.7 Å². The second kappa shape index (κ2) is 4.39. The normalized spacial score (nSPS) is 23.6. The van der Waals surface area contributed by atoms with Crippen molar-refractivity contribution in [1.82, 2.24) is 0 Å². The molecular formula is C16H10O5S2. The summed E-state index contributed by atoms with van der Waals surface area (Å²) in [6, 6.07) is 12.1. The Balaban J connectivity index is 2.11. The van der Waals surface area contributed by atoms with Crippen molar-refractivity contribution in [1.29, 1.82) is 0 Å². The largest absolute Gasteiger partial charge is 0.288 e. The molecule has 0 aliphatic carbocycles. The van der Waals surface area contributed by atoms with E-state index in [9.17, 15) is 21.6 Å². The lowest BCUT2D eigenvalue weighted by molar-refractivity contribution is 0.104. The number of benzene rings is 2. The Morgan fingerprint density at radius 2 is 1.30 bits per heavy atom. The monoisotopic (exact) mass is 346 g/mol. The van der Waals surface area contributed by atoms with Crippen LogP contribution in [-0.4, -0.2) is 28.4 Å². The van der Waals surface area contributed by atoms with Gasteiger partial charge in [-0.1, -0.05) is 30.3 Å². The number of hydrogen-bond acceptors (Lipinski definition) is 5. The highest BCUT2D eigenvalue weighted by atomic mass is 32.2. The Hall–Kier alpha value is -2.25. The summed E-state index contributed by atoms with van der Waals surface area (Å²) < 4.78 is 50.0. The van der Waals surface area contributed by atoms with E-state index in [0.717, 1.165) is 0 Å². The van der Waals surface area contributed by atoms with Gasteiger partial charge in [-0.25, -0.2) is 16.8 Å². The van der Waals surface area contributed by atoms with Gasteiger partial charge in [0.1, 0.15) is 4.91 Å². The van der Waals surface area contributed by atoms with Crippen molar-refractivity contribution in [2.75, 3.05) is 5.75 Å². The molecule has 0 unspecified atom stereocenters. The van der Waals surface area contributed by atoms with E-state index >= 15 is 0 Å². The summed E-state index contributed by atoms with van der Waals surface area (Å²) in [6.07, 6.45) is 0. The first-order chi connectivity index (χ1) is 10.8. The van der Waals surface area contributed by atoms with Gasteiger partial charge in [-0.2, -0.15) is 0 Å². The lowest BCUT2D eigenvalue weighted by Gasteiger charge is -2.03. The Morgan fingerprint density at radius 3 is 1.96 bits per heavy atom. The molecule has 0 N–H and O–H groups in total. The first kappa shape index (κ1) is 14.3. The van der Waals surface area contributed by atoms with Gasteiger partial charge in [-0.3, -0.25) is 4.79 Å². The van der Waals surface area contributed by atoms with E-state index in [1.54, 1.807) is 18.2 Å². The molecular weight excluding hydrogens is 336 g/mol. The number of ketones is 1. The predicted molar refractivity (Wildman–Crippen MR) is 83.4 cm³/mol. The van der Waals surface area contributed by atoms with Gasteiger partial charge in [0.05, 0.1) is 15.5 Å². The maximum atomic E-state index is 12.7. The third-order valence-corrected chi connectivity index (χ3v) is 7.65. The quantitative estimate of drug-likeness (QED) is 0.680. The Morgan fingerprint density at radius 1 is 0.739 bits per heavy atom. The molecule has 2 heterocycles. The van der Waals surface area contributed by atoms with Gasteiger partial charge in [0.2, 0.25) is 15.6 Å². The molecule has 2 aliphatic heterocycles. The maximum Gasteiger partial charge on any atom is 0.211 e. The summed E-state index contributed by atoms with van der Waals surface area (Å²) >= 11 is 0. The molecule has 7 heteroatoms. The number of allylic oxidation sites excluding steroid dienone is 1. The predicted octanol–water partition coefficient (Wildman–Crippen LogP) is 1.86. The highest BCUT2D eigenvalue weighted by Gasteiger charge is 2.44. The summed E-state index contributed by atoms with van der Waals surface area (Å²) in [6.45, 7) is 0. The molecule has 5 nitrogen and oxygen atoms in total. The zero-order valence-electron chi connectivity index (χ0n) is 11.7. The number of fused-ring (bicyclic) bond motifs is 2. The molecule has 116 valence electrons. The van der Waals surface area contributed by atoms with Crippen LogP contribution in [0.3, 0.4) is 0 Å². The topological polar surface area (TPSA) is 85.3 Å². The molecule has 0 spiro atoms. The second-order valence-corrected chi connectivity index (χ2v) is 9.20. The summed E-state index contributed by atoms with van der Waals surface area (Å²) in [7, 11) is -7.63. The molecule has 2 aromatic carbocycles. The van der Waals surface area contributed by atoms with Crippen molar-refractivity contribution in [3.63, 3.8) is 0 Å². The summed E-state index contributed by atoms with van der Waals surface area (Å²) in [4.78, 5) is 12.2. The second-order valence-electron chi connectivity index (χ2n) is 5.39. The van der Waals surface area contributed by atoms with Crippen molar-refractivity contribution in [3.05, 3.63) is 64.6 Å². The van der Waals surface area contributed by atoms with Crippen LogP contribution in [0.1, 0.15) is 15.9 Å². The molecule has 0 atom stereocenters. The van der Waals surface area contributed by atoms with Crippen molar-refractivity contribution in [2.24, 2.45) is 0 Å². The highest BCUT2D eigenvalue weighted by Crippen LogP contribution is 2.43. The summed E-state index contributed by atoms with van der Waals surface area (Å²) in [5, 5.41) is 0. The van der Waals surface area contributed by atoms with Crippen molar-refractivity contribution in [2.45, 2.75) is 9.79 Å². The fraction of sp³-hybridized carbons (Fsp3) is 0.0625. The van der Waals surface area contributed by atoms with Crippen molar-refractivity contribution < 1.29 is 21.6 Å². The molecule has 0 aromatic heterocycles. The summed E-state index contributed by atoms with van der Waals surface area (Å²) in [5.41, 5.74) is 0.464. The standard InChI is InChI=1S/C16H10O5S2/c17-15-11-6-2-4-8-14(11)23(20,21)16(15)12-9-22(18,19)13-7-3-1-5-10(12)13/h1-8H,9H2/b16-12+. The van der Waals surface area contributed by atoms with Crippen LogP contribution in [0.5, 0.6) is 0 Å². The average molecular weight is 346 g/mol. The molecule has 0 saturated carbocycles. The molecule has 4 rings (SSSR count). The van der Waals surface area contributed by atoms with E-state index in [4.69, 9.17) is 0 Å². The van der Waals surface area contributed by atoms with E-state index in [0.29, 0.717) is 5.56 Å². The number of rotatable bonds is 0. The first-order valence-corrected chi connectivity index (χ1v) is 9.92. The van der Waals surface area contributed by atoms with Crippen LogP contribution >= 0.6 is 0 Å². The van der Waals surface area contributed by atoms with Gasteiger partial charge in [0, 0.05) is 5.56 Å². The van der Waals surface area contributed by atoms with Gasteiger partial charge in [-0.15, -0.1) is 0 Å². The van der Waals surface area contributed by atoms with E-state index in [2.05, 4.69) is 0 Å². The molecule has 2 aromatic rings. The number of hydrogen-bond donors (Lipinski definition) is 0. The van der Waals surface area contributed by atoms with Crippen LogP contribution in [0, 0.1) is 0 Å². The van der Waals surface area contributed by atoms with Crippen molar-refractivity contribution >= 4 is 31.0 Å². The van der Waals surface area contributed by atoms with Gasteiger partial charge in [-0.05, 0) is 29.3 Å². The van der Waals surface area contributed by atoms with E-state index in [1.165, 1.54) is 30.3 Å². The van der Waals surface area contributed by atoms with Crippen molar-refractivity contribution in [3.8, 4) is 0 Å². The number of carbonyl (C=O) groups excluding carboxylic acids is 1. The Bertz CT molecular complexity index is 1120. The minimum Gasteiger partial charge on any atom is -0.288 e. The minimum atomic E-state index is -4.01. The van der Waals surface area contributed by atoms with Gasteiger partial charge >= 0.3 is 0 Å². The number of Topliss-reactive ketones (excluding diaryl/α,β-unsaturated/α-hetero) is 1. The highest BCUT2D eigenvalue weighted by molar-refractivity contribution is 7.97. The lowest BCUT2D eigenvalue weighted by Crippen LogP contribution is -2.08. The summed E-state index contributed by atoms with van der Waals surface area (Å²) in [5.74, 6) is -1.11. The number of sulfone groups is 2. The molecule has 0 fully saturated rings. The molecule has 0 bridgehead atoms. The van der Waals surface area contributed by atoms with Gasteiger partial charge in [0.15, 0.2) is 9.84 Å². The first-order valence-electron chi connectivity index (χ1n) is 6.78. The zero-order chi connectivity index (χ0) is 16.4. The van der Waals surface area contributed by atoms with Crippen LogP contribution in [0.2, 0.25) is 0 Å². The van der Waals surface area contributed by atoms with E-state index in [-0.39, 0.29) is 20.9 Å². The fourth-order valence-electron chi connectivity index (χ4n) is 3.06. The molecule has 0 amide bonds. The molecule has 2 aliphatic rings. The fourth-order valence-corrected chi connectivity index (χ4v) is 6.59. The van der Waals surface area contributed by atoms with Crippen LogP contribution in [0.15, 0.2) is 63.2 Å². The number of carbonyl (C=O) groups is 1. The van der Waals surface area contributed by atoms with Crippen LogP contribution < -0.4 is 0 Å². The lowest BCUT2D eigenvalue weighted by atomic mass is 10.0. The van der Waals surface area contributed by atoms with Gasteiger partial charge < -0.3 is 0 Å². The van der Waals surface area contributed by atoms with Crippen LogP contribution in [0.25, 0.3) is 5.57 Å². The third kappa shape index (κ3) is 1.80. The maximum absolute atomic E-state index is 12.7. The Kier molecular flexibility index (Phi) is 2.74. The van der Waals surface area contributed by atoms with Crippen LogP contribution in [0.4, 0.5) is 0 Å². The SMILES string of the molecule is O=C1/C(=C2/CS(=O)(=O)c3ccccc32)S(=O)(=O)c2ccccc21. The molecule has 23 heavy (non-hydrogen) atoms. The smallest absolute Gasteiger partial charge is 0.211 e. The Labute approximate surface area is 133 Å².